The highest BCUT2D eigenvalue weighted by Gasteiger charge is 2.33. The SMILES string of the molecule is O=C(c1ccc(Cl)c(S(=O)(=O)N2CCCCC2)c1)N1CCCN(CC(F)(F)F)CC1. The van der Waals surface area contributed by atoms with E-state index in [9.17, 15) is 26.4 Å². The molecular formula is C19H25ClF3N3O3S. The van der Waals surface area contributed by atoms with Crippen LogP contribution in [0.15, 0.2) is 23.1 Å². The van der Waals surface area contributed by atoms with Crippen molar-refractivity contribution in [2.75, 3.05) is 45.8 Å². The average molecular weight is 468 g/mol. The van der Waals surface area contributed by atoms with Gasteiger partial charge in [0.05, 0.1) is 11.6 Å². The van der Waals surface area contributed by atoms with Crippen molar-refractivity contribution in [3.8, 4) is 0 Å². The van der Waals surface area contributed by atoms with Gasteiger partial charge < -0.3 is 4.90 Å². The van der Waals surface area contributed by atoms with Gasteiger partial charge in [0.1, 0.15) is 4.90 Å². The molecule has 0 aromatic heterocycles. The number of rotatable bonds is 4. The first-order chi connectivity index (χ1) is 14.1. The van der Waals surface area contributed by atoms with Gasteiger partial charge in [-0.1, -0.05) is 18.0 Å². The molecule has 0 spiro atoms. The number of halogens is 4. The van der Waals surface area contributed by atoms with Gasteiger partial charge in [0.25, 0.3) is 5.91 Å². The number of carbonyl (C=O) groups excluding carboxylic acids is 1. The second-order valence-electron chi connectivity index (χ2n) is 7.65. The highest BCUT2D eigenvalue weighted by molar-refractivity contribution is 7.89. The van der Waals surface area contributed by atoms with E-state index in [1.54, 1.807) is 0 Å². The second kappa shape index (κ2) is 9.42. The minimum Gasteiger partial charge on any atom is -0.337 e. The summed E-state index contributed by atoms with van der Waals surface area (Å²) in [4.78, 5) is 15.6. The molecule has 1 aromatic rings. The van der Waals surface area contributed by atoms with Crippen LogP contribution in [-0.2, 0) is 10.0 Å². The van der Waals surface area contributed by atoms with E-state index < -0.39 is 28.7 Å². The first-order valence-corrected chi connectivity index (χ1v) is 11.8. The topological polar surface area (TPSA) is 60.9 Å². The van der Waals surface area contributed by atoms with Crippen molar-refractivity contribution in [3.63, 3.8) is 0 Å². The molecule has 11 heteroatoms. The Morgan fingerprint density at radius 3 is 2.33 bits per heavy atom. The van der Waals surface area contributed by atoms with E-state index in [4.69, 9.17) is 11.6 Å². The van der Waals surface area contributed by atoms with Crippen LogP contribution in [0.5, 0.6) is 0 Å². The fourth-order valence-electron chi connectivity index (χ4n) is 3.85. The highest BCUT2D eigenvalue weighted by atomic mass is 35.5. The molecule has 2 saturated heterocycles. The van der Waals surface area contributed by atoms with Crippen molar-refractivity contribution in [1.29, 1.82) is 0 Å². The zero-order valence-electron chi connectivity index (χ0n) is 16.5. The molecule has 0 atom stereocenters. The standard InChI is InChI=1S/C19H25ClF3N3O3S/c20-16-6-5-15(13-17(16)30(28,29)26-9-2-1-3-10-26)18(27)25-8-4-7-24(11-12-25)14-19(21,22)23/h5-6,13H,1-4,7-12,14H2. The number of piperidine rings is 1. The van der Waals surface area contributed by atoms with Crippen LogP contribution in [0.1, 0.15) is 36.0 Å². The number of hydrogen-bond acceptors (Lipinski definition) is 4. The molecule has 0 radical (unpaired) electrons. The van der Waals surface area contributed by atoms with Gasteiger partial charge in [0.2, 0.25) is 10.0 Å². The molecule has 1 amide bonds. The molecule has 0 N–H and O–H groups in total. The van der Waals surface area contributed by atoms with Crippen LogP contribution in [0.2, 0.25) is 5.02 Å². The molecule has 2 fully saturated rings. The smallest absolute Gasteiger partial charge is 0.337 e. The first kappa shape index (κ1) is 23.3. The van der Waals surface area contributed by atoms with E-state index >= 15 is 0 Å². The Kier molecular flexibility index (Phi) is 7.32. The number of alkyl halides is 3. The number of amides is 1. The average Bonchev–Trinajstić information content (AvgIpc) is 2.92. The molecule has 0 saturated carbocycles. The van der Waals surface area contributed by atoms with E-state index in [1.807, 2.05) is 0 Å². The minimum absolute atomic E-state index is 0.0457. The fraction of sp³-hybridized carbons (Fsp3) is 0.632. The summed E-state index contributed by atoms with van der Waals surface area (Å²) < 4.78 is 65.3. The zero-order valence-corrected chi connectivity index (χ0v) is 18.1. The van der Waals surface area contributed by atoms with Crippen molar-refractivity contribution >= 4 is 27.5 Å². The van der Waals surface area contributed by atoms with E-state index in [1.165, 1.54) is 32.3 Å². The second-order valence-corrected chi connectivity index (χ2v) is 9.96. The lowest BCUT2D eigenvalue weighted by atomic mass is 10.2. The summed E-state index contributed by atoms with van der Waals surface area (Å²) in [7, 11) is -3.82. The van der Waals surface area contributed by atoms with Crippen LogP contribution >= 0.6 is 11.6 Å². The molecule has 2 heterocycles. The Morgan fingerprint density at radius 1 is 0.967 bits per heavy atom. The summed E-state index contributed by atoms with van der Waals surface area (Å²) >= 11 is 6.15. The molecule has 3 rings (SSSR count). The Labute approximate surface area is 179 Å². The van der Waals surface area contributed by atoms with Gasteiger partial charge in [0, 0.05) is 44.8 Å². The van der Waals surface area contributed by atoms with Crippen LogP contribution in [0.25, 0.3) is 0 Å². The maximum absolute atomic E-state index is 13.0. The zero-order chi connectivity index (χ0) is 21.9. The quantitative estimate of drug-likeness (QED) is 0.682. The van der Waals surface area contributed by atoms with Crippen molar-refractivity contribution in [2.24, 2.45) is 0 Å². The first-order valence-electron chi connectivity index (χ1n) is 9.96. The van der Waals surface area contributed by atoms with Gasteiger partial charge in [-0.2, -0.15) is 17.5 Å². The third kappa shape index (κ3) is 5.66. The van der Waals surface area contributed by atoms with Crippen LogP contribution in [-0.4, -0.2) is 80.4 Å². The molecule has 2 aliphatic heterocycles. The maximum Gasteiger partial charge on any atom is 0.401 e. The number of nitrogens with zero attached hydrogens (tertiary/aromatic N) is 3. The third-order valence-corrected chi connectivity index (χ3v) is 7.77. The molecule has 0 bridgehead atoms. The van der Waals surface area contributed by atoms with Crippen LogP contribution < -0.4 is 0 Å². The molecule has 6 nitrogen and oxygen atoms in total. The number of hydrogen-bond donors (Lipinski definition) is 0. The van der Waals surface area contributed by atoms with Gasteiger partial charge in [-0.25, -0.2) is 8.42 Å². The molecule has 168 valence electrons. The summed E-state index contributed by atoms with van der Waals surface area (Å²) in [5, 5.41) is 0.0457. The lowest BCUT2D eigenvalue weighted by Gasteiger charge is -2.27. The molecular weight excluding hydrogens is 443 g/mol. The van der Waals surface area contributed by atoms with Crippen molar-refractivity contribution in [3.05, 3.63) is 28.8 Å². The van der Waals surface area contributed by atoms with Crippen molar-refractivity contribution in [2.45, 2.75) is 36.8 Å². The van der Waals surface area contributed by atoms with E-state index in [0.29, 0.717) is 26.1 Å². The summed E-state index contributed by atoms with van der Waals surface area (Å²) in [6, 6.07) is 4.13. The summed E-state index contributed by atoms with van der Waals surface area (Å²) in [5.74, 6) is -0.407. The Bertz CT molecular complexity index is 874. The molecule has 0 aliphatic carbocycles. The largest absolute Gasteiger partial charge is 0.401 e. The van der Waals surface area contributed by atoms with Gasteiger partial charge in [0.15, 0.2) is 0 Å². The number of carbonyl (C=O) groups is 1. The Morgan fingerprint density at radius 2 is 1.67 bits per heavy atom. The molecule has 1 aromatic carbocycles. The van der Waals surface area contributed by atoms with Gasteiger partial charge in [-0.3, -0.25) is 9.69 Å². The molecule has 30 heavy (non-hydrogen) atoms. The van der Waals surface area contributed by atoms with Gasteiger partial charge >= 0.3 is 6.18 Å². The summed E-state index contributed by atoms with van der Waals surface area (Å²) in [6.45, 7) is 0.635. The Balaban J connectivity index is 1.76. The van der Waals surface area contributed by atoms with E-state index in [2.05, 4.69) is 0 Å². The lowest BCUT2D eigenvalue weighted by Crippen LogP contribution is -2.38. The predicted octanol–water partition coefficient (Wildman–Crippen LogP) is 3.22. The Hall–Kier alpha value is -1.36. The van der Waals surface area contributed by atoms with E-state index in [0.717, 1.165) is 19.3 Å². The van der Waals surface area contributed by atoms with Crippen molar-refractivity contribution in [1.82, 2.24) is 14.1 Å². The number of benzene rings is 1. The third-order valence-electron chi connectivity index (χ3n) is 5.39. The summed E-state index contributed by atoms with van der Waals surface area (Å²) in [6.07, 6.45) is -1.35. The van der Waals surface area contributed by atoms with Crippen molar-refractivity contribution < 1.29 is 26.4 Å². The fourth-order valence-corrected chi connectivity index (χ4v) is 5.86. The van der Waals surface area contributed by atoms with E-state index in [-0.39, 0.29) is 35.1 Å². The lowest BCUT2D eigenvalue weighted by molar-refractivity contribution is -0.145. The van der Waals surface area contributed by atoms with Gasteiger partial charge in [-0.15, -0.1) is 0 Å². The maximum atomic E-state index is 13.0. The predicted molar refractivity (Wildman–Crippen MR) is 107 cm³/mol. The number of sulfonamides is 1. The summed E-state index contributed by atoms with van der Waals surface area (Å²) in [5.41, 5.74) is 0.166. The van der Waals surface area contributed by atoms with Crippen LogP contribution in [0.4, 0.5) is 13.2 Å². The molecule has 0 unspecified atom stereocenters. The molecule has 2 aliphatic rings. The minimum atomic E-state index is -4.28. The monoisotopic (exact) mass is 467 g/mol. The normalized spacial score (nSPS) is 20.2. The van der Waals surface area contributed by atoms with Crippen LogP contribution in [0.3, 0.4) is 0 Å². The highest BCUT2D eigenvalue weighted by Crippen LogP contribution is 2.28. The van der Waals surface area contributed by atoms with Crippen LogP contribution in [0, 0.1) is 0 Å². The van der Waals surface area contributed by atoms with Gasteiger partial charge in [-0.05, 0) is 37.5 Å².